The molecule has 1 heterocycles. The average molecular weight is 268 g/mol. The molecule has 19 heavy (non-hydrogen) atoms. The van der Waals surface area contributed by atoms with Gasteiger partial charge in [0.15, 0.2) is 0 Å². The molecule has 1 aromatic carbocycles. The summed E-state index contributed by atoms with van der Waals surface area (Å²) < 4.78 is 37.6. The fraction of sp³-hybridized carbons (Fsp3) is 0.231. The number of hydrogen-bond donors (Lipinski definition) is 1. The van der Waals surface area contributed by atoms with Crippen molar-refractivity contribution in [3.05, 3.63) is 41.6 Å². The van der Waals surface area contributed by atoms with Crippen molar-refractivity contribution in [3.63, 3.8) is 0 Å². The molecule has 0 aliphatic rings. The molecule has 0 bridgehead atoms. The van der Waals surface area contributed by atoms with E-state index >= 15 is 0 Å². The molecular weight excluding hydrogens is 257 g/mol. The first-order chi connectivity index (χ1) is 8.90. The van der Waals surface area contributed by atoms with Gasteiger partial charge in [0.2, 0.25) is 5.91 Å². The summed E-state index contributed by atoms with van der Waals surface area (Å²) in [7, 11) is 1.51. The Hall–Kier alpha value is -2.11. The largest absolute Gasteiger partial charge is 0.416 e. The standard InChI is InChI=1S/C13H11F3N2O/c1-17-12(19)7-10-4-2-8-6-9(13(14,15)16)3-5-11(8)18-10/h2-6H,7H2,1H3,(H,17,19). The van der Waals surface area contributed by atoms with Gasteiger partial charge in [0.1, 0.15) is 0 Å². The number of amides is 1. The molecule has 0 spiro atoms. The zero-order valence-corrected chi connectivity index (χ0v) is 10.1. The lowest BCUT2D eigenvalue weighted by Gasteiger charge is -2.08. The predicted octanol–water partition coefficient (Wildman–Crippen LogP) is 2.54. The number of hydrogen-bond acceptors (Lipinski definition) is 2. The second-order valence-corrected chi connectivity index (χ2v) is 4.06. The molecule has 1 amide bonds. The van der Waals surface area contributed by atoms with Crippen LogP contribution in [-0.2, 0) is 17.4 Å². The summed E-state index contributed by atoms with van der Waals surface area (Å²) in [5.41, 5.74) is 0.252. The quantitative estimate of drug-likeness (QED) is 0.909. The number of pyridine rings is 1. The van der Waals surface area contributed by atoms with E-state index in [1.165, 1.54) is 19.2 Å². The molecule has 3 nitrogen and oxygen atoms in total. The van der Waals surface area contributed by atoms with Crippen LogP contribution in [-0.4, -0.2) is 17.9 Å². The molecule has 0 aliphatic carbocycles. The third-order valence-corrected chi connectivity index (χ3v) is 2.69. The Bertz CT molecular complexity index is 623. The van der Waals surface area contributed by atoms with Gasteiger partial charge in [-0.1, -0.05) is 6.07 Å². The first-order valence-corrected chi connectivity index (χ1v) is 5.57. The molecule has 1 aromatic heterocycles. The smallest absolute Gasteiger partial charge is 0.359 e. The molecule has 2 aromatic rings. The normalized spacial score (nSPS) is 11.6. The molecular formula is C13H11F3N2O. The Morgan fingerprint density at radius 3 is 2.63 bits per heavy atom. The van der Waals surface area contributed by atoms with Crippen molar-refractivity contribution in [1.82, 2.24) is 10.3 Å². The minimum absolute atomic E-state index is 0.105. The first kappa shape index (κ1) is 13.3. The predicted molar refractivity (Wildman–Crippen MR) is 64.5 cm³/mol. The summed E-state index contributed by atoms with van der Waals surface area (Å²) in [6, 6.07) is 6.43. The first-order valence-electron chi connectivity index (χ1n) is 5.57. The van der Waals surface area contributed by atoms with E-state index in [0.717, 1.165) is 12.1 Å². The Morgan fingerprint density at radius 1 is 1.26 bits per heavy atom. The Kier molecular flexibility index (Phi) is 3.42. The maximum atomic E-state index is 12.5. The summed E-state index contributed by atoms with van der Waals surface area (Å²) in [6.07, 6.45) is -4.26. The molecule has 0 saturated heterocycles. The lowest BCUT2D eigenvalue weighted by molar-refractivity contribution is -0.137. The summed E-state index contributed by atoms with van der Waals surface area (Å²) in [4.78, 5) is 15.4. The molecule has 0 unspecified atom stereocenters. The van der Waals surface area contributed by atoms with Gasteiger partial charge in [0, 0.05) is 12.4 Å². The lowest BCUT2D eigenvalue weighted by atomic mass is 10.1. The van der Waals surface area contributed by atoms with Crippen LogP contribution < -0.4 is 5.32 Å². The van der Waals surface area contributed by atoms with E-state index in [2.05, 4.69) is 10.3 Å². The van der Waals surface area contributed by atoms with Gasteiger partial charge in [-0.2, -0.15) is 13.2 Å². The van der Waals surface area contributed by atoms with Crippen LogP contribution in [0.4, 0.5) is 13.2 Å². The van der Waals surface area contributed by atoms with Crippen LogP contribution >= 0.6 is 0 Å². The van der Waals surface area contributed by atoms with Crippen LogP contribution in [0.15, 0.2) is 30.3 Å². The van der Waals surface area contributed by atoms with Gasteiger partial charge in [-0.25, -0.2) is 0 Å². The minimum atomic E-state index is -4.37. The lowest BCUT2D eigenvalue weighted by Crippen LogP contribution is -2.20. The second kappa shape index (κ2) is 4.87. The highest BCUT2D eigenvalue weighted by molar-refractivity contribution is 5.82. The van der Waals surface area contributed by atoms with Crippen molar-refractivity contribution in [2.75, 3.05) is 7.05 Å². The van der Waals surface area contributed by atoms with Crippen molar-refractivity contribution in [1.29, 1.82) is 0 Å². The highest BCUT2D eigenvalue weighted by Crippen LogP contribution is 2.31. The number of fused-ring (bicyclic) bond motifs is 1. The number of aromatic nitrogens is 1. The van der Waals surface area contributed by atoms with E-state index in [1.54, 1.807) is 6.07 Å². The third kappa shape index (κ3) is 3.01. The summed E-state index contributed by atoms with van der Waals surface area (Å²) in [5, 5.41) is 2.86. The topological polar surface area (TPSA) is 42.0 Å². The molecule has 2 rings (SSSR count). The van der Waals surface area contributed by atoms with Gasteiger partial charge in [-0.3, -0.25) is 9.78 Å². The number of carbonyl (C=O) groups excluding carboxylic acids is 1. The van der Waals surface area contributed by atoms with Crippen LogP contribution in [0.1, 0.15) is 11.3 Å². The Balaban J connectivity index is 2.38. The number of alkyl halides is 3. The SMILES string of the molecule is CNC(=O)Cc1ccc2cc(C(F)(F)F)ccc2n1. The average Bonchev–Trinajstić information content (AvgIpc) is 2.36. The van der Waals surface area contributed by atoms with Crippen molar-refractivity contribution in [3.8, 4) is 0 Å². The zero-order valence-electron chi connectivity index (χ0n) is 10.1. The maximum absolute atomic E-state index is 12.5. The second-order valence-electron chi connectivity index (χ2n) is 4.06. The molecule has 100 valence electrons. The van der Waals surface area contributed by atoms with Crippen LogP contribution in [0, 0.1) is 0 Å². The number of nitrogens with one attached hydrogen (secondary N) is 1. The third-order valence-electron chi connectivity index (χ3n) is 2.69. The van der Waals surface area contributed by atoms with E-state index in [4.69, 9.17) is 0 Å². The molecule has 6 heteroatoms. The highest BCUT2D eigenvalue weighted by atomic mass is 19.4. The van der Waals surface area contributed by atoms with Gasteiger partial charge in [-0.05, 0) is 24.3 Å². The van der Waals surface area contributed by atoms with Gasteiger partial charge in [-0.15, -0.1) is 0 Å². The number of nitrogens with zero attached hydrogens (tertiary/aromatic N) is 1. The van der Waals surface area contributed by atoms with Crippen molar-refractivity contribution in [2.24, 2.45) is 0 Å². The van der Waals surface area contributed by atoms with E-state index < -0.39 is 11.7 Å². The van der Waals surface area contributed by atoms with Crippen LogP contribution in [0.2, 0.25) is 0 Å². The van der Waals surface area contributed by atoms with E-state index in [0.29, 0.717) is 16.6 Å². The van der Waals surface area contributed by atoms with Crippen molar-refractivity contribution in [2.45, 2.75) is 12.6 Å². The molecule has 0 atom stereocenters. The van der Waals surface area contributed by atoms with Crippen LogP contribution in [0.25, 0.3) is 10.9 Å². The molecule has 0 aliphatic heterocycles. The van der Waals surface area contributed by atoms with Crippen LogP contribution in [0.5, 0.6) is 0 Å². The van der Waals surface area contributed by atoms with E-state index in [1.807, 2.05) is 0 Å². The van der Waals surface area contributed by atoms with Gasteiger partial charge in [0.25, 0.3) is 0 Å². The number of benzene rings is 1. The van der Waals surface area contributed by atoms with Gasteiger partial charge >= 0.3 is 6.18 Å². The highest BCUT2D eigenvalue weighted by Gasteiger charge is 2.30. The number of rotatable bonds is 2. The Morgan fingerprint density at radius 2 is 2.00 bits per heavy atom. The number of carbonyl (C=O) groups is 1. The molecule has 1 N–H and O–H groups in total. The van der Waals surface area contributed by atoms with Crippen molar-refractivity contribution < 1.29 is 18.0 Å². The van der Waals surface area contributed by atoms with E-state index in [-0.39, 0.29) is 12.3 Å². The molecule has 0 fully saturated rings. The summed E-state index contributed by atoms with van der Waals surface area (Å²) >= 11 is 0. The van der Waals surface area contributed by atoms with Crippen LogP contribution in [0.3, 0.4) is 0 Å². The zero-order chi connectivity index (χ0) is 14.0. The maximum Gasteiger partial charge on any atom is 0.416 e. The summed E-state index contributed by atoms with van der Waals surface area (Å²) in [5.74, 6) is -0.196. The van der Waals surface area contributed by atoms with Crippen molar-refractivity contribution >= 4 is 16.8 Å². The summed E-state index contributed by atoms with van der Waals surface area (Å²) in [6.45, 7) is 0. The molecule has 0 saturated carbocycles. The van der Waals surface area contributed by atoms with E-state index in [9.17, 15) is 18.0 Å². The monoisotopic (exact) mass is 268 g/mol. The van der Waals surface area contributed by atoms with Gasteiger partial charge in [0.05, 0.1) is 23.2 Å². The Labute approximate surface area is 107 Å². The number of likely N-dealkylation sites (N-methyl/N-ethyl adjacent to an activating group) is 1. The fourth-order valence-corrected chi connectivity index (χ4v) is 1.70. The minimum Gasteiger partial charge on any atom is -0.359 e. The number of halogens is 3. The van der Waals surface area contributed by atoms with Gasteiger partial charge < -0.3 is 5.32 Å². The fourth-order valence-electron chi connectivity index (χ4n) is 1.70. The molecule has 0 radical (unpaired) electrons.